The second-order valence-electron chi connectivity index (χ2n) is 7.09. The predicted octanol–water partition coefficient (Wildman–Crippen LogP) is -0.604. The first-order chi connectivity index (χ1) is 15.2. The van der Waals surface area contributed by atoms with Gasteiger partial charge < -0.3 is 15.8 Å². The number of nitrogen functional groups attached to an aromatic ring is 1. The topological polar surface area (TPSA) is 213 Å². The first-order valence-corrected chi connectivity index (χ1v) is 11.8. The van der Waals surface area contributed by atoms with Gasteiger partial charge in [-0.1, -0.05) is 12.1 Å². The smallest absolute Gasteiger partial charge is 0.423 e. The molecule has 0 bridgehead atoms. The van der Waals surface area contributed by atoms with Crippen LogP contribution in [0.5, 0.6) is 0 Å². The molecule has 0 radical (unpaired) electrons. The van der Waals surface area contributed by atoms with Crippen LogP contribution in [0.3, 0.4) is 0 Å². The van der Waals surface area contributed by atoms with Crippen molar-refractivity contribution in [1.29, 1.82) is 0 Å². The Kier molecular flexibility index (Phi) is 5.08. The molecule has 33 heavy (non-hydrogen) atoms. The Balaban J connectivity index is 2.13. The Bertz CT molecular complexity index is 1580. The van der Waals surface area contributed by atoms with Gasteiger partial charge in [0.25, 0.3) is 32.1 Å². The van der Waals surface area contributed by atoms with Crippen LogP contribution in [0.25, 0.3) is 10.8 Å². The van der Waals surface area contributed by atoms with Gasteiger partial charge in [-0.3, -0.25) is 18.7 Å². The van der Waals surface area contributed by atoms with Crippen molar-refractivity contribution in [3.8, 4) is 0 Å². The van der Waals surface area contributed by atoms with E-state index in [0.717, 1.165) is 24.3 Å². The molecule has 0 spiro atoms. The Labute approximate surface area is 186 Å². The van der Waals surface area contributed by atoms with Gasteiger partial charge in [-0.15, -0.1) is 0 Å². The van der Waals surface area contributed by atoms with Crippen LogP contribution >= 0.6 is 0 Å². The quantitative estimate of drug-likeness (QED) is 0.134. The maximum absolute atomic E-state index is 13.3. The lowest BCUT2D eigenvalue weighted by atomic mass is 9.80. The fourth-order valence-corrected chi connectivity index (χ4v) is 4.81. The molecular weight excluding hydrogens is 479 g/mol. The van der Waals surface area contributed by atoms with Crippen LogP contribution < -0.4 is 16.1 Å². The molecule has 1 heterocycles. The third-order valence-corrected chi connectivity index (χ3v) is 6.81. The molecule has 4 rings (SSSR count). The fraction of sp³-hybridized carbons (Fsp3) is 0. The van der Waals surface area contributed by atoms with E-state index in [4.69, 9.17) is 5.73 Å². The Morgan fingerprint density at radius 2 is 1.45 bits per heavy atom. The van der Waals surface area contributed by atoms with Crippen LogP contribution in [0.4, 0.5) is 11.4 Å². The SMILES string of the molecule is Nc1c(S(=O)(=O)O)cc2c3c(cc(S(=O)(=O)O)cc13)C(=O)N(c1cccc(B(O)O)c1)C2=O. The average molecular weight is 492 g/mol. The highest BCUT2D eigenvalue weighted by Gasteiger charge is 2.37. The standard InChI is InChI=1S/C18H13BN2O10S2/c20-16-11-5-10(32(26,27)28)6-12-15(11)13(7-14(16)33(29,30)31)18(23)21(17(12)22)9-3-1-2-8(4-9)19(24)25/h1-7,24-25H,20H2,(H,26,27,28)(H,29,30,31). The Morgan fingerprint density at radius 3 is 2.00 bits per heavy atom. The zero-order chi connectivity index (χ0) is 24.5. The van der Waals surface area contributed by atoms with Gasteiger partial charge in [0, 0.05) is 10.8 Å². The molecule has 15 heteroatoms. The molecule has 0 saturated heterocycles. The number of hydrogen-bond acceptors (Lipinski definition) is 9. The van der Waals surface area contributed by atoms with Crippen LogP contribution in [-0.4, -0.2) is 54.9 Å². The number of nitrogens with zero attached hydrogens (tertiary/aromatic N) is 1. The molecule has 3 aromatic carbocycles. The number of carbonyl (C=O) groups excluding carboxylic acids is 2. The van der Waals surface area contributed by atoms with E-state index < -0.39 is 65.8 Å². The molecule has 0 atom stereocenters. The molecule has 1 aliphatic rings. The number of amides is 2. The van der Waals surface area contributed by atoms with E-state index in [1.54, 1.807) is 0 Å². The molecule has 0 unspecified atom stereocenters. The van der Waals surface area contributed by atoms with E-state index in [-0.39, 0.29) is 21.9 Å². The minimum absolute atomic E-state index is 0.0772. The van der Waals surface area contributed by atoms with Gasteiger partial charge in [-0.25, -0.2) is 4.90 Å². The number of rotatable bonds is 4. The van der Waals surface area contributed by atoms with Crippen molar-refractivity contribution in [3.63, 3.8) is 0 Å². The summed E-state index contributed by atoms with van der Waals surface area (Å²) in [6, 6.07) is 7.32. The summed E-state index contributed by atoms with van der Waals surface area (Å²) >= 11 is 0. The van der Waals surface area contributed by atoms with E-state index in [1.807, 2.05) is 0 Å². The molecule has 170 valence electrons. The number of benzene rings is 3. The first-order valence-electron chi connectivity index (χ1n) is 8.92. The molecule has 6 N–H and O–H groups in total. The lowest BCUT2D eigenvalue weighted by Gasteiger charge is -2.28. The zero-order valence-electron chi connectivity index (χ0n) is 16.2. The van der Waals surface area contributed by atoms with Crippen molar-refractivity contribution in [2.24, 2.45) is 0 Å². The van der Waals surface area contributed by atoms with Crippen molar-refractivity contribution in [2.75, 3.05) is 10.6 Å². The van der Waals surface area contributed by atoms with Crippen LogP contribution in [0.2, 0.25) is 0 Å². The van der Waals surface area contributed by atoms with E-state index in [1.165, 1.54) is 18.2 Å². The summed E-state index contributed by atoms with van der Waals surface area (Å²) in [5.41, 5.74) is 4.15. The van der Waals surface area contributed by atoms with Crippen molar-refractivity contribution in [2.45, 2.75) is 9.79 Å². The average Bonchev–Trinajstić information content (AvgIpc) is 2.71. The lowest BCUT2D eigenvalue weighted by molar-refractivity contribution is 0.0893. The molecule has 0 aromatic heterocycles. The molecule has 2 amide bonds. The minimum atomic E-state index is -4.99. The van der Waals surface area contributed by atoms with Gasteiger partial charge in [0.05, 0.1) is 27.4 Å². The number of nitrogens with two attached hydrogens (primary N) is 1. The largest absolute Gasteiger partial charge is 0.488 e. The van der Waals surface area contributed by atoms with E-state index in [2.05, 4.69) is 0 Å². The van der Waals surface area contributed by atoms with Crippen LogP contribution in [-0.2, 0) is 20.2 Å². The van der Waals surface area contributed by atoms with Crippen molar-refractivity contribution >= 4 is 66.8 Å². The van der Waals surface area contributed by atoms with Crippen LogP contribution in [0.15, 0.2) is 52.3 Å². The van der Waals surface area contributed by atoms with E-state index >= 15 is 0 Å². The van der Waals surface area contributed by atoms with Gasteiger partial charge in [0.2, 0.25) is 0 Å². The van der Waals surface area contributed by atoms with Gasteiger partial charge in [-0.05, 0) is 35.8 Å². The summed E-state index contributed by atoms with van der Waals surface area (Å²) in [5.74, 6) is -2.10. The molecule has 3 aromatic rings. The van der Waals surface area contributed by atoms with Crippen LogP contribution in [0.1, 0.15) is 20.7 Å². The number of hydrogen-bond donors (Lipinski definition) is 5. The second-order valence-corrected chi connectivity index (χ2v) is 9.91. The summed E-state index contributed by atoms with van der Waals surface area (Å²) in [6.07, 6.45) is 0. The molecule has 12 nitrogen and oxygen atoms in total. The molecule has 0 aliphatic carbocycles. The van der Waals surface area contributed by atoms with Gasteiger partial charge in [0.1, 0.15) is 4.90 Å². The molecule has 0 saturated carbocycles. The summed E-state index contributed by atoms with van der Waals surface area (Å²) in [4.78, 5) is 25.4. The van der Waals surface area contributed by atoms with Crippen LogP contribution in [0, 0.1) is 0 Å². The molecule has 1 aliphatic heterocycles. The number of anilines is 2. The van der Waals surface area contributed by atoms with Crippen molar-refractivity contribution < 1.29 is 45.6 Å². The van der Waals surface area contributed by atoms with Crippen molar-refractivity contribution in [3.05, 3.63) is 53.6 Å². The molecule has 0 fully saturated rings. The Morgan fingerprint density at radius 1 is 0.848 bits per heavy atom. The Hall–Kier alpha value is -3.34. The highest BCUT2D eigenvalue weighted by atomic mass is 32.2. The number of carbonyl (C=O) groups is 2. The van der Waals surface area contributed by atoms with Crippen molar-refractivity contribution in [1.82, 2.24) is 0 Å². The summed E-state index contributed by atoms with van der Waals surface area (Å²) in [6.45, 7) is 0. The maximum Gasteiger partial charge on any atom is 0.488 e. The highest BCUT2D eigenvalue weighted by molar-refractivity contribution is 7.86. The minimum Gasteiger partial charge on any atom is -0.423 e. The fourth-order valence-electron chi connectivity index (χ4n) is 3.62. The second kappa shape index (κ2) is 7.34. The van der Waals surface area contributed by atoms with Gasteiger partial charge in [-0.2, -0.15) is 16.8 Å². The number of imide groups is 1. The van der Waals surface area contributed by atoms with Gasteiger partial charge >= 0.3 is 7.12 Å². The van der Waals surface area contributed by atoms with E-state index in [0.29, 0.717) is 4.90 Å². The zero-order valence-corrected chi connectivity index (χ0v) is 17.8. The maximum atomic E-state index is 13.3. The monoisotopic (exact) mass is 492 g/mol. The summed E-state index contributed by atoms with van der Waals surface area (Å²) in [5, 5.41) is 18.3. The summed E-state index contributed by atoms with van der Waals surface area (Å²) < 4.78 is 66.3. The predicted molar refractivity (Wildman–Crippen MR) is 115 cm³/mol. The third kappa shape index (κ3) is 3.66. The third-order valence-electron chi connectivity index (χ3n) is 5.08. The first kappa shape index (κ1) is 22.8. The normalized spacial score (nSPS) is 14.1. The molecular formula is C18H13BN2O10S2. The van der Waals surface area contributed by atoms with E-state index in [9.17, 15) is 45.6 Å². The lowest BCUT2D eigenvalue weighted by Crippen LogP contribution is -2.41. The summed E-state index contributed by atoms with van der Waals surface area (Å²) in [7, 11) is -11.8. The highest BCUT2D eigenvalue weighted by Crippen LogP contribution is 2.40. The van der Waals surface area contributed by atoms with Gasteiger partial charge in [0.15, 0.2) is 0 Å².